The Morgan fingerprint density at radius 1 is 1.22 bits per heavy atom. The van der Waals surface area contributed by atoms with Crippen molar-refractivity contribution in [2.45, 2.75) is 58.2 Å². The van der Waals surface area contributed by atoms with Crippen molar-refractivity contribution in [3.63, 3.8) is 0 Å². The molecular weight excluding hydrogens is 467 g/mol. The van der Waals surface area contributed by atoms with Gasteiger partial charge < -0.3 is 25.5 Å². The number of nitrogens with zero attached hydrogens (tertiary/aromatic N) is 2. The zero-order valence-electron chi connectivity index (χ0n) is 20.8. The van der Waals surface area contributed by atoms with Crippen molar-refractivity contribution < 1.29 is 28.7 Å². The lowest BCUT2D eigenvalue weighted by atomic mass is 9.85. The summed E-state index contributed by atoms with van der Waals surface area (Å²) >= 11 is 0. The summed E-state index contributed by atoms with van der Waals surface area (Å²) < 4.78 is 14.1. The Morgan fingerprint density at radius 2 is 1.86 bits per heavy atom. The fraction of sp³-hybridized carbons (Fsp3) is 0.462. The van der Waals surface area contributed by atoms with Crippen LogP contribution in [-0.4, -0.2) is 65.0 Å². The maximum absolute atomic E-state index is 14.1. The van der Waals surface area contributed by atoms with E-state index in [0.717, 1.165) is 12.1 Å². The number of anilines is 1. The first-order valence-electron chi connectivity index (χ1n) is 12.2. The average Bonchev–Trinajstić information content (AvgIpc) is 3.11. The number of carbonyl (C=O) groups excluding carboxylic acids is 3. The highest BCUT2D eigenvalue weighted by Gasteiger charge is 2.53. The van der Waals surface area contributed by atoms with Crippen LogP contribution in [-0.2, 0) is 14.4 Å². The Kier molecular flexibility index (Phi) is 8.49. The van der Waals surface area contributed by atoms with Crippen molar-refractivity contribution in [2.75, 3.05) is 24.5 Å². The SMILES string of the molecule is CC=C(F)C(=CCCC)C(=O)NCC(=O)N1CCC2(CC1)C(=O)NC(C)N2c1ccc(C(=O)O)cc1. The van der Waals surface area contributed by atoms with Crippen molar-refractivity contribution in [3.8, 4) is 0 Å². The number of piperidine rings is 1. The zero-order valence-corrected chi connectivity index (χ0v) is 20.8. The molecule has 1 spiro atoms. The van der Waals surface area contributed by atoms with E-state index >= 15 is 0 Å². The van der Waals surface area contributed by atoms with E-state index in [9.17, 15) is 28.7 Å². The Bertz CT molecular complexity index is 1070. The van der Waals surface area contributed by atoms with Gasteiger partial charge in [0.1, 0.15) is 11.4 Å². The summed E-state index contributed by atoms with van der Waals surface area (Å²) in [5, 5.41) is 14.6. The third kappa shape index (κ3) is 5.42. The standard InChI is InChI=1S/C26H33FN4O5/c1-4-6-7-20(21(27)5-2)23(33)28-16-22(32)30-14-12-26(13-15-30)25(36)29-17(3)31(26)19-10-8-18(9-11-19)24(34)35/h5,7-11,17H,4,6,12-16H2,1-3H3,(H,28,33)(H,29,36)(H,34,35). The van der Waals surface area contributed by atoms with Crippen LogP contribution >= 0.6 is 0 Å². The molecule has 1 aromatic carbocycles. The topological polar surface area (TPSA) is 119 Å². The van der Waals surface area contributed by atoms with Gasteiger partial charge in [-0.3, -0.25) is 14.4 Å². The van der Waals surface area contributed by atoms with Crippen LogP contribution in [0.25, 0.3) is 0 Å². The van der Waals surface area contributed by atoms with Gasteiger partial charge in [0.2, 0.25) is 11.8 Å². The first-order chi connectivity index (χ1) is 17.1. The highest BCUT2D eigenvalue weighted by Crippen LogP contribution is 2.38. The maximum Gasteiger partial charge on any atom is 0.335 e. The Balaban J connectivity index is 1.66. The maximum atomic E-state index is 14.1. The molecule has 0 bridgehead atoms. The number of likely N-dealkylation sites (tertiary alicyclic amines) is 1. The van der Waals surface area contributed by atoms with Gasteiger partial charge >= 0.3 is 5.97 Å². The van der Waals surface area contributed by atoms with E-state index in [2.05, 4.69) is 10.6 Å². The molecule has 0 radical (unpaired) electrons. The summed E-state index contributed by atoms with van der Waals surface area (Å²) in [6, 6.07) is 6.37. The lowest BCUT2D eigenvalue weighted by Crippen LogP contribution is -2.58. The Morgan fingerprint density at radius 3 is 2.42 bits per heavy atom. The third-order valence-electron chi connectivity index (χ3n) is 6.74. The number of unbranched alkanes of at least 4 members (excludes halogenated alkanes) is 1. The summed E-state index contributed by atoms with van der Waals surface area (Å²) in [5.74, 6) is -2.74. The number of rotatable bonds is 8. The predicted octanol–water partition coefficient (Wildman–Crippen LogP) is 2.74. The van der Waals surface area contributed by atoms with Crippen LogP contribution in [0.2, 0.25) is 0 Å². The van der Waals surface area contributed by atoms with Crippen LogP contribution in [0, 0.1) is 0 Å². The summed E-state index contributed by atoms with van der Waals surface area (Å²) in [6.07, 6.45) is 4.48. The van der Waals surface area contributed by atoms with Crippen molar-refractivity contribution in [1.82, 2.24) is 15.5 Å². The van der Waals surface area contributed by atoms with E-state index in [4.69, 9.17) is 0 Å². The second-order valence-electron chi connectivity index (χ2n) is 9.01. The molecule has 3 rings (SSSR count). The molecule has 0 saturated carbocycles. The van der Waals surface area contributed by atoms with E-state index in [1.54, 1.807) is 17.0 Å². The first-order valence-corrected chi connectivity index (χ1v) is 12.2. The molecule has 2 aliphatic heterocycles. The lowest BCUT2D eigenvalue weighted by Gasteiger charge is -2.44. The van der Waals surface area contributed by atoms with Crippen molar-refractivity contribution >= 4 is 29.4 Å². The van der Waals surface area contributed by atoms with Crippen LogP contribution in [0.15, 0.2) is 47.8 Å². The smallest absolute Gasteiger partial charge is 0.335 e. The number of carboxylic acids is 1. The van der Waals surface area contributed by atoms with Gasteiger partial charge in [-0.2, -0.15) is 0 Å². The van der Waals surface area contributed by atoms with Gasteiger partial charge in [-0.25, -0.2) is 9.18 Å². The number of nitrogens with one attached hydrogen (secondary N) is 2. The van der Waals surface area contributed by atoms with Crippen LogP contribution in [0.5, 0.6) is 0 Å². The van der Waals surface area contributed by atoms with E-state index < -0.39 is 23.2 Å². The normalized spacial score (nSPS) is 19.9. The summed E-state index contributed by atoms with van der Waals surface area (Å²) in [7, 11) is 0. The number of allylic oxidation sites excluding steroid dienone is 2. The van der Waals surface area contributed by atoms with E-state index in [1.807, 2.05) is 18.7 Å². The third-order valence-corrected chi connectivity index (χ3v) is 6.74. The molecule has 10 heteroatoms. The van der Waals surface area contributed by atoms with Gasteiger partial charge in [0.25, 0.3) is 5.91 Å². The Hall–Kier alpha value is -3.69. The summed E-state index contributed by atoms with van der Waals surface area (Å²) in [6.45, 7) is 5.62. The molecule has 194 valence electrons. The number of hydrogen-bond donors (Lipinski definition) is 3. The minimum atomic E-state index is -1.03. The minimum Gasteiger partial charge on any atom is -0.478 e. The van der Waals surface area contributed by atoms with Crippen molar-refractivity contribution in [2.24, 2.45) is 0 Å². The fourth-order valence-electron chi connectivity index (χ4n) is 4.80. The molecule has 9 nitrogen and oxygen atoms in total. The zero-order chi connectivity index (χ0) is 26.5. The highest BCUT2D eigenvalue weighted by atomic mass is 19.1. The van der Waals surface area contributed by atoms with Crippen molar-refractivity contribution in [3.05, 3.63) is 53.4 Å². The summed E-state index contributed by atoms with van der Waals surface area (Å²) in [4.78, 5) is 53.0. The van der Waals surface area contributed by atoms with Gasteiger partial charge in [0, 0.05) is 18.8 Å². The van der Waals surface area contributed by atoms with E-state index in [-0.39, 0.29) is 35.7 Å². The van der Waals surface area contributed by atoms with Gasteiger partial charge in [-0.1, -0.05) is 25.5 Å². The van der Waals surface area contributed by atoms with Crippen LogP contribution in [0.1, 0.15) is 56.8 Å². The molecule has 1 atom stereocenters. The molecule has 3 amide bonds. The molecule has 0 aliphatic carbocycles. The van der Waals surface area contributed by atoms with Gasteiger partial charge in [-0.05, 0) is 57.4 Å². The molecule has 2 aliphatic rings. The van der Waals surface area contributed by atoms with Crippen molar-refractivity contribution in [1.29, 1.82) is 0 Å². The fourth-order valence-corrected chi connectivity index (χ4v) is 4.80. The monoisotopic (exact) mass is 500 g/mol. The number of aromatic carboxylic acids is 1. The first kappa shape index (κ1) is 26.9. The molecule has 3 N–H and O–H groups in total. The molecule has 1 unspecified atom stereocenters. The number of carbonyl (C=O) groups is 4. The molecule has 2 heterocycles. The largest absolute Gasteiger partial charge is 0.478 e. The van der Waals surface area contributed by atoms with Gasteiger partial charge in [-0.15, -0.1) is 0 Å². The second kappa shape index (κ2) is 11.4. The second-order valence-corrected chi connectivity index (χ2v) is 9.01. The van der Waals surface area contributed by atoms with Gasteiger partial charge in [0.15, 0.2) is 0 Å². The molecule has 36 heavy (non-hydrogen) atoms. The number of amides is 3. The van der Waals surface area contributed by atoms with Gasteiger partial charge in [0.05, 0.1) is 23.8 Å². The quantitative estimate of drug-likeness (QED) is 0.373. The molecule has 2 saturated heterocycles. The number of carboxylic acid groups (broad SMARTS) is 1. The predicted molar refractivity (Wildman–Crippen MR) is 133 cm³/mol. The number of halogens is 1. The lowest BCUT2D eigenvalue weighted by molar-refractivity contribution is -0.135. The minimum absolute atomic E-state index is 0.0779. The number of hydrogen-bond acceptors (Lipinski definition) is 5. The molecule has 1 aromatic rings. The molecule has 2 fully saturated rings. The van der Waals surface area contributed by atoms with Crippen LogP contribution in [0.3, 0.4) is 0 Å². The summed E-state index contributed by atoms with van der Waals surface area (Å²) in [5.41, 5.74) is -0.0698. The average molecular weight is 501 g/mol. The van der Waals surface area contributed by atoms with E-state index in [1.165, 1.54) is 31.2 Å². The molecular formula is C26H33FN4O5. The molecule has 0 aromatic heterocycles. The van der Waals surface area contributed by atoms with Crippen LogP contribution in [0.4, 0.5) is 10.1 Å². The van der Waals surface area contributed by atoms with E-state index in [0.29, 0.717) is 32.4 Å². The Labute approximate surface area is 210 Å². The number of benzene rings is 1. The highest BCUT2D eigenvalue weighted by molar-refractivity contribution is 5.99. The van der Waals surface area contributed by atoms with Crippen LogP contribution < -0.4 is 15.5 Å².